The lowest BCUT2D eigenvalue weighted by molar-refractivity contribution is 0.296. The van der Waals surface area contributed by atoms with E-state index in [2.05, 4.69) is 15.9 Å². The highest BCUT2D eigenvalue weighted by molar-refractivity contribution is 9.10. The van der Waals surface area contributed by atoms with Crippen LogP contribution < -0.4 is 10.5 Å². The van der Waals surface area contributed by atoms with Crippen LogP contribution in [0.3, 0.4) is 0 Å². The molecule has 0 aliphatic heterocycles. The van der Waals surface area contributed by atoms with E-state index in [1.54, 1.807) is 12.1 Å². The van der Waals surface area contributed by atoms with E-state index in [-0.39, 0.29) is 17.2 Å². The molecule has 104 valence electrons. The quantitative estimate of drug-likeness (QED) is 0.841. The van der Waals surface area contributed by atoms with Crippen LogP contribution in [0.4, 0.5) is 8.78 Å². The summed E-state index contributed by atoms with van der Waals surface area (Å²) in [5, 5.41) is 0. The van der Waals surface area contributed by atoms with E-state index in [1.165, 1.54) is 24.3 Å². The highest BCUT2D eigenvalue weighted by Gasteiger charge is 2.11. The number of thiocarbonyl (C=S) groups is 1. The van der Waals surface area contributed by atoms with Gasteiger partial charge in [-0.3, -0.25) is 0 Å². The van der Waals surface area contributed by atoms with Crippen molar-refractivity contribution in [2.45, 2.75) is 6.61 Å². The average Bonchev–Trinajstić information content (AvgIpc) is 2.41. The van der Waals surface area contributed by atoms with E-state index in [1.807, 2.05) is 0 Å². The van der Waals surface area contributed by atoms with Gasteiger partial charge in [-0.05, 0) is 34.1 Å². The van der Waals surface area contributed by atoms with E-state index in [9.17, 15) is 8.78 Å². The van der Waals surface area contributed by atoms with Crippen LogP contribution in [0.2, 0.25) is 0 Å². The third-order valence-electron chi connectivity index (χ3n) is 2.62. The van der Waals surface area contributed by atoms with Gasteiger partial charge in [0.1, 0.15) is 29.0 Å². The second kappa shape index (κ2) is 6.28. The summed E-state index contributed by atoms with van der Waals surface area (Å²) < 4.78 is 33.2. The molecule has 0 fully saturated rings. The van der Waals surface area contributed by atoms with Gasteiger partial charge in [0.05, 0.1) is 4.47 Å². The topological polar surface area (TPSA) is 35.2 Å². The van der Waals surface area contributed by atoms with Crippen molar-refractivity contribution in [3.05, 3.63) is 63.6 Å². The number of benzene rings is 2. The zero-order chi connectivity index (χ0) is 14.7. The Morgan fingerprint density at radius 2 is 2.00 bits per heavy atom. The summed E-state index contributed by atoms with van der Waals surface area (Å²) in [6.07, 6.45) is 0. The van der Waals surface area contributed by atoms with E-state index in [0.717, 1.165) is 0 Å². The number of halogens is 3. The van der Waals surface area contributed by atoms with Crippen LogP contribution >= 0.6 is 28.1 Å². The van der Waals surface area contributed by atoms with Crippen LogP contribution in [0.1, 0.15) is 11.1 Å². The zero-order valence-corrected chi connectivity index (χ0v) is 12.6. The Morgan fingerprint density at radius 1 is 1.25 bits per heavy atom. The number of hydrogen-bond acceptors (Lipinski definition) is 2. The molecule has 0 unspecified atom stereocenters. The number of rotatable bonds is 4. The Morgan fingerprint density at radius 3 is 2.70 bits per heavy atom. The molecule has 2 aromatic carbocycles. The van der Waals surface area contributed by atoms with E-state index in [4.69, 9.17) is 22.7 Å². The predicted molar refractivity (Wildman–Crippen MR) is 80.7 cm³/mol. The van der Waals surface area contributed by atoms with Crippen molar-refractivity contribution in [1.82, 2.24) is 0 Å². The van der Waals surface area contributed by atoms with Crippen molar-refractivity contribution in [2.24, 2.45) is 5.73 Å². The molecule has 2 aromatic rings. The summed E-state index contributed by atoms with van der Waals surface area (Å²) in [4.78, 5) is -0.0173. The van der Waals surface area contributed by atoms with Gasteiger partial charge in [-0.25, -0.2) is 8.78 Å². The minimum Gasteiger partial charge on any atom is -0.488 e. The molecule has 0 aliphatic rings. The molecule has 2 nitrogen and oxygen atoms in total. The Balaban J connectivity index is 2.21. The fourth-order valence-corrected chi connectivity index (χ4v) is 2.14. The summed E-state index contributed by atoms with van der Waals surface area (Å²) in [6, 6.07) is 8.73. The first-order chi connectivity index (χ1) is 9.49. The molecule has 2 N–H and O–H groups in total. The van der Waals surface area contributed by atoms with Crippen molar-refractivity contribution in [3.8, 4) is 5.75 Å². The van der Waals surface area contributed by atoms with Gasteiger partial charge >= 0.3 is 0 Å². The van der Waals surface area contributed by atoms with Crippen LogP contribution in [0.5, 0.6) is 5.75 Å². The summed E-state index contributed by atoms with van der Waals surface area (Å²) >= 11 is 8.00. The fourth-order valence-electron chi connectivity index (χ4n) is 1.62. The van der Waals surface area contributed by atoms with Gasteiger partial charge in [-0.1, -0.05) is 24.4 Å². The third-order valence-corrected chi connectivity index (χ3v) is 3.50. The van der Waals surface area contributed by atoms with Crippen molar-refractivity contribution in [3.63, 3.8) is 0 Å². The molecule has 0 bridgehead atoms. The summed E-state index contributed by atoms with van der Waals surface area (Å²) in [5.41, 5.74) is 5.89. The second-order valence-electron chi connectivity index (χ2n) is 4.01. The van der Waals surface area contributed by atoms with Crippen molar-refractivity contribution in [1.29, 1.82) is 0 Å². The monoisotopic (exact) mass is 357 g/mol. The first-order valence-corrected chi connectivity index (χ1v) is 6.84. The molecule has 0 radical (unpaired) electrons. The molecule has 0 aromatic heterocycles. The maximum atomic E-state index is 14.1. The van der Waals surface area contributed by atoms with Crippen LogP contribution in [-0.4, -0.2) is 4.99 Å². The lowest BCUT2D eigenvalue weighted by Gasteiger charge is -2.10. The number of nitrogens with two attached hydrogens (primary N) is 1. The molecule has 0 saturated heterocycles. The van der Waals surface area contributed by atoms with Gasteiger partial charge in [0.15, 0.2) is 0 Å². The lowest BCUT2D eigenvalue weighted by Crippen LogP contribution is -2.13. The fraction of sp³-hybridized carbons (Fsp3) is 0.0714. The minimum absolute atomic E-state index is 0.0173. The highest BCUT2D eigenvalue weighted by Crippen LogP contribution is 2.26. The van der Waals surface area contributed by atoms with E-state index < -0.39 is 11.6 Å². The molecular formula is C14H10BrF2NOS. The van der Waals surface area contributed by atoms with Crippen molar-refractivity contribution in [2.75, 3.05) is 0 Å². The third kappa shape index (κ3) is 3.32. The Kier molecular flexibility index (Phi) is 4.67. The molecule has 0 atom stereocenters. The molecule has 0 saturated carbocycles. The van der Waals surface area contributed by atoms with Crippen LogP contribution in [0.25, 0.3) is 0 Å². The van der Waals surface area contributed by atoms with Gasteiger partial charge in [0.25, 0.3) is 0 Å². The maximum absolute atomic E-state index is 14.1. The van der Waals surface area contributed by atoms with Crippen LogP contribution in [0.15, 0.2) is 40.9 Å². The molecular weight excluding hydrogens is 348 g/mol. The smallest absolute Gasteiger partial charge is 0.139 e. The molecule has 6 heteroatoms. The van der Waals surface area contributed by atoms with E-state index in [0.29, 0.717) is 15.8 Å². The predicted octanol–water partition coefficient (Wildman–Crippen LogP) is 3.94. The summed E-state index contributed by atoms with van der Waals surface area (Å²) in [7, 11) is 0. The first kappa shape index (κ1) is 14.9. The largest absolute Gasteiger partial charge is 0.488 e. The maximum Gasteiger partial charge on any atom is 0.139 e. The second-order valence-corrected chi connectivity index (χ2v) is 5.30. The van der Waals surface area contributed by atoms with Gasteiger partial charge in [-0.15, -0.1) is 0 Å². The summed E-state index contributed by atoms with van der Waals surface area (Å²) in [5.74, 6) is -0.654. The highest BCUT2D eigenvalue weighted by atomic mass is 79.9. The van der Waals surface area contributed by atoms with Crippen molar-refractivity contribution >= 4 is 33.1 Å². The number of ether oxygens (including phenoxy) is 1. The Labute approximate surface area is 128 Å². The lowest BCUT2D eigenvalue weighted by atomic mass is 10.1. The molecule has 0 amide bonds. The van der Waals surface area contributed by atoms with Crippen LogP contribution in [0, 0.1) is 11.6 Å². The van der Waals surface area contributed by atoms with Gasteiger partial charge in [0, 0.05) is 17.2 Å². The zero-order valence-electron chi connectivity index (χ0n) is 10.2. The molecule has 0 spiro atoms. The number of hydrogen-bond donors (Lipinski definition) is 1. The van der Waals surface area contributed by atoms with Gasteiger partial charge < -0.3 is 10.5 Å². The van der Waals surface area contributed by atoms with E-state index >= 15 is 0 Å². The molecule has 2 rings (SSSR count). The normalized spacial score (nSPS) is 10.3. The first-order valence-electron chi connectivity index (χ1n) is 5.64. The van der Waals surface area contributed by atoms with Gasteiger partial charge in [0.2, 0.25) is 0 Å². The minimum atomic E-state index is -0.521. The standard InChI is InChI=1S/C14H10BrF2NOS/c15-11-5-4-9(16)6-12(11)19-7-8-2-1-3-10(13(8)17)14(18)20/h1-6H,7H2,(H2,18,20). The molecule has 0 heterocycles. The van der Waals surface area contributed by atoms with Gasteiger partial charge in [-0.2, -0.15) is 0 Å². The van der Waals surface area contributed by atoms with Crippen molar-refractivity contribution < 1.29 is 13.5 Å². The SMILES string of the molecule is NC(=S)c1cccc(COc2cc(F)ccc2Br)c1F. The molecule has 0 aliphatic carbocycles. The average molecular weight is 358 g/mol. The molecule has 20 heavy (non-hydrogen) atoms. The van der Waals surface area contributed by atoms with Crippen LogP contribution in [-0.2, 0) is 6.61 Å². The Hall–Kier alpha value is -1.53. The summed E-state index contributed by atoms with van der Waals surface area (Å²) in [6.45, 7) is -0.0513. The Bertz CT molecular complexity index is 664.